The van der Waals surface area contributed by atoms with Crippen molar-refractivity contribution in [1.82, 2.24) is 0 Å². The lowest BCUT2D eigenvalue weighted by Gasteiger charge is -2.20. The zero-order valence-corrected chi connectivity index (χ0v) is 26.0. The fourth-order valence-corrected chi connectivity index (χ4v) is 6.88. The summed E-state index contributed by atoms with van der Waals surface area (Å²) in [5, 5.41) is 46.7. The van der Waals surface area contributed by atoms with Crippen LogP contribution in [0.2, 0.25) is 0 Å². The molecule has 0 spiro atoms. The summed E-state index contributed by atoms with van der Waals surface area (Å²) in [6.07, 6.45) is 1.25. The Bertz CT molecular complexity index is 1850. The molecular weight excluding hydrogens is 568 g/mol. The van der Waals surface area contributed by atoms with Crippen LogP contribution >= 0.6 is 0 Å². The van der Waals surface area contributed by atoms with E-state index in [4.69, 9.17) is 0 Å². The number of aromatic hydroxyl groups is 4. The van der Waals surface area contributed by atoms with Gasteiger partial charge in [-0.1, -0.05) is 96.1 Å². The second-order valence-electron chi connectivity index (χ2n) is 12.6. The average Bonchev–Trinajstić information content (AvgIpc) is 3.05. The zero-order valence-electron chi connectivity index (χ0n) is 26.0. The molecule has 4 heteroatoms. The van der Waals surface area contributed by atoms with Gasteiger partial charge in [0.15, 0.2) is 0 Å². The number of phenols is 4. The SMILES string of the molecule is Cc1cc2c(O)c(c1)Cc1cc(-c3ccccc3)cc(c1O)Cc1cc(C)cc(c1O)Cc1cc(-c3ccccc3)cc(c1O)C2. The molecule has 8 bridgehead atoms. The molecule has 228 valence electrons. The monoisotopic (exact) mass is 604 g/mol. The molecule has 0 heterocycles. The van der Waals surface area contributed by atoms with Gasteiger partial charge in [0.25, 0.3) is 0 Å². The number of hydrogen-bond donors (Lipinski definition) is 4. The summed E-state index contributed by atoms with van der Waals surface area (Å²) in [6.45, 7) is 4.00. The second-order valence-corrected chi connectivity index (χ2v) is 12.6. The summed E-state index contributed by atoms with van der Waals surface area (Å²) >= 11 is 0. The highest BCUT2D eigenvalue weighted by Gasteiger charge is 2.21. The van der Waals surface area contributed by atoms with Crippen LogP contribution in [-0.4, -0.2) is 20.4 Å². The Labute approximate surface area is 269 Å². The molecule has 0 atom stereocenters. The Balaban J connectivity index is 1.48. The molecule has 7 rings (SSSR count). The van der Waals surface area contributed by atoms with E-state index in [9.17, 15) is 20.4 Å². The Hall–Kier alpha value is -5.48. The van der Waals surface area contributed by atoms with E-state index >= 15 is 0 Å². The van der Waals surface area contributed by atoms with E-state index < -0.39 is 0 Å². The lowest BCUT2D eigenvalue weighted by Crippen LogP contribution is -2.03. The van der Waals surface area contributed by atoms with Gasteiger partial charge < -0.3 is 20.4 Å². The summed E-state index contributed by atoms with van der Waals surface area (Å²) in [6, 6.07) is 35.9. The van der Waals surface area contributed by atoms with Gasteiger partial charge in [-0.2, -0.15) is 0 Å². The lowest BCUT2D eigenvalue weighted by atomic mass is 9.87. The van der Waals surface area contributed by atoms with Crippen LogP contribution in [0, 0.1) is 13.8 Å². The number of benzene rings is 6. The quantitative estimate of drug-likeness (QED) is 0.159. The molecule has 4 N–H and O–H groups in total. The number of aryl methyl sites for hydroxylation is 2. The summed E-state index contributed by atoms with van der Waals surface area (Å²) in [4.78, 5) is 0. The maximum Gasteiger partial charge on any atom is 0.122 e. The van der Waals surface area contributed by atoms with Gasteiger partial charge >= 0.3 is 0 Å². The molecule has 6 aromatic rings. The van der Waals surface area contributed by atoms with Gasteiger partial charge in [-0.05, 0) is 105 Å². The largest absolute Gasteiger partial charge is 0.507 e. The van der Waals surface area contributed by atoms with Crippen LogP contribution in [0.4, 0.5) is 0 Å². The summed E-state index contributed by atoms with van der Waals surface area (Å²) in [5.41, 5.74) is 11.5. The summed E-state index contributed by atoms with van der Waals surface area (Å²) < 4.78 is 0. The Morgan fingerprint density at radius 3 is 0.826 bits per heavy atom. The molecule has 1 aliphatic rings. The molecule has 0 aliphatic heterocycles. The molecule has 4 nitrogen and oxygen atoms in total. The van der Waals surface area contributed by atoms with Gasteiger partial charge in [-0.25, -0.2) is 0 Å². The molecule has 1 aliphatic carbocycles. The van der Waals surface area contributed by atoms with Gasteiger partial charge in [0.2, 0.25) is 0 Å². The summed E-state index contributed by atoms with van der Waals surface area (Å²) in [7, 11) is 0. The molecule has 6 aromatic carbocycles. The first-order valence-corrected chi connectivity index (χ1v) is 15.7. The number of rotatable bonds is 2. The van der Waals surface area contributed by atoms with Crippen molar-refractivity contribution in [3.63, 3.8) is 0 Å². The van der Waals surface area contributed by atoms with Crippen LogP contribution in [-0.2, 0) is 25.7 Å². The Morgan fingerprint density at radius 2 is 0.565 bits per heavy atom. The van der Waals surface area contributed by atoms with Crippen LogP contribution in [0.5, 0.6) is 23.0 Å². The minimum absolute atomic E-state index is 0.159. The Kier molecular flexibility index (Phi) is 7.50. The van der Waals surface area contributed by atoms with Crippen molar-refractivity contribution in [2.45, 2.75) is 39.5 Å². The van der Waals surface area contributed by atoms with Crippen LogP contribution in [0.1, 0.15) is 55.6 Å². The van der Waals surface area contributed by atoms with Crippen molar-refractivity contribution in [3.8, 4) is 45.3 Å². The first kappa shape index (κ1) is 29.2. The zero-order chi connectivity index (χ0) is 31.9. The third kappa shape index (κ3) is 5.59. The first-order valence-electron chi connectivity index (χ1n) is 15.7. The van der Waals surface area contributed by atoms with Crippen molar-refractivity contribution in [2.24, 2.45) is 0 Å². The molecule has 0 unspecified atom stereocenters. The second kappa shape index (κ2) is 11.8. The maximum atomic E-state index is 11.7. The predicted molar refractivity (Wildman–Crippen MR) is 184 cm³/mol. The van der Waals surface area contributed by atoms with Gasteiger partial charge in [0.05, 0.1) is 0 Å². The number of phenolic OH excluding ortho intramolecular Hbond substituents is 4. The maximum absolute atomic E-state index is 11.7. The van der Waals surface area contributed by atoms with Gasteiger partial charge in [0.1, 0.15) is 23.0 Å². The van der Waals surface area contributed by atoms with Crippen molar-refractivity contribution in [1.29, 1.82) is 0 Å². The smallest absolute Gasteiger partial charge is 0.122 e. The topological polar surface area (TPSA) is 80.9 Å². The highest BCUT2D eigenvalue weighted by atomic mass is 16.3. The third-order valence-corrected chi connectivity index (χ3v) is 9.10. The standard InChI is InChI=1S/C42H36O4/c1-25-13-31-21-35-17-29(27-9-5-3-6-10-27)19-37(41(35)45)23-33-15-26(2)16-34(40(33)44)24-38-20-30(28-11-7-4-8-12-28)18-36(42(38)46)22-32(14-25)39(31)43/h3-20,43-46H,21-24H2,1-2H3. The Morgan fingerprint density at radius 1 is 0.326 bits per heavy atom. The third-order valence-electron chi connectivity index (χ3n) is 9.10. The van der Waals surface area contributed by atoms with E-state index in [1.54, 1.807) is 0 Å². The normalized spacial score (nSPS) is 12.6. The minimum atomic E-state index is 0.159. The van der Waals surface area contributed by atoms with E-state index in [1.807, 2.05) is 123 Å². The van der Waals surface area contributed by atoms with Gasteiger partial charge in [-0.3, -0.25) is 0 Å². The van der Waals surface area contributed by atoms with E-state index in [1.165, 1.54) is 0 Å². The molecule has 0 radical (unpaired) electrons. The molecule has 46 heavy (non-hydrogen) atoms. The van der Waals surface area contributed by atoms with E-state index in [0.29, 0.717) is 70.2 Å². The number of fused-ring (bicyclic) bond motifs is 8. The highest BCUT2D eigenvalue weighted by Crippen LogP contribution is 2.41. The molecule has 0 saturated carbocycles. The number of hydrogen-bond acceptors (Lipinski definition) is 4. The van der Waals surface area contributed by atoms with Crippen molar-refractivity contribution in [3.05, 3.63) is 165 Å². The summed E-state index contributed by atoms with van der Waals surface area (Å²) in [5.74, 6) is 0.640. The molecule has 0 aromatic heterocycles. The molecule has 0 amide bonds. The van der Waals surface area contributed by atoms with Crippen LogP contribution < -0.4 is 0 Å². The molecule has 0 saturated heterocycles. The van der Waals surface area contributed by atoms with E-state index in [0.717, 1.165) is 33.4 Å². The fourth-order valence-electron chi connectivity index (χ4n) is 6.88. The van der Waals surface area contributed by atoms with E-state index in [-0.39, 0.29) is 23.0 Å². The van der Waals surface area contributed by atoms with Crippen molar-refractivity contribution < 1.29 is 20.4 Å². The molecular formula is C42H36O4. The van der Waals surface area contributed by atoms with E-state index in [2.05, 4.69) is 0 Å². The van der Waals surface area contributed by atoms with Crippen LogP contribution in [0.3, 0.4) is 0 Å². The van der Waals surface area contributed by atoms with Gasteiger partial charge in [0, 0.05) is 25.7 Å². The van der Waals surface area contributed by atoms with Crippen LogP contribution in [0.25, 0.3) is 22.3 Å². The predicted octanol–water partition coefficient (Wildman–Crippen LogP) is 9.14. The minimum Gasteiger partial charge on any atom is -0.507 e. The first-order chi connectivity index (χ1) is 22.2. The van der Waals surface area contributed by atoms with Crippen molar-refractivity contribution in [2.75, 3.05) is 0 Å². The average molecular weight is 605 g/mol. The van der Waals surface area contributed by atoms with Crippen LogP contribution in [0.15, 0.2) is 109 Å². The van der Waals surface area contributed by atoms with Crippen molar-refractivity contribution >= 4 is 0 Å². The fraction of sp³-hybridized carbons (Fsp3) is 0.143. The molecule has 0 fully saturated rings. The lowest BCUT2D eigenvalue weighted by molar-refractivity contribution is 0.450. The highest BCUT2D eigenvalue weighted by molar-refractivity contribution is 5.70. The van der Waals surface area contributed by atoms with Gasteiger partial charge in [-0.15, -0.1) is 0 Å².